The minimum absolute atomic E-state index is 0.0275. The van der Waals surface area contributed by atoms with Crippen LogP contribution in [-0.4, -0.2) is 22.5 Å². The topological polar surface area (TPSA) is 93.8 Å². The van der Waals surface area contributed by atoms with Gasteiger partial charge in [-0.1, -0.05) is 30.3 Å². The van der Waals surface area contributed by atoms with Crippen LogP contribution in [0.5, 0.6) is 0 Å². The van der Waals surface area contributed by atoms with E-state index in [1.54, 1.807) is 32.9 Å². The lowest BCUT2D eigenvalue weighted by Gasteiger charge is -2.20. The maximum absolute atomic E-state index is 12.1. The van der Waals surface area contributed by atoms with Gasteiger partial charge in [0.25, 0.3) is 5.69 Å². The van der Waals surface area contributed by atoms with Crippen molar-refractivity contribution in [3.05, 3.63) is 70.3 Å². The van der Waals surface area contributed by atoms with E-state index < -0.39 is 16.6 Å². The van der Waals surface area contributed by atoms with E-state index in [1.165, 1.54) is 24.3 Å². The molecule has 0 spiro atoms. The molecule has 0 heterocycles. The van der Waals surface area contributed by atoms with Crippen LogP contribution >= 0.6 is 0 Å². The molecule has 1 amide bonds. The van der Waals surface area contributed by atoms with Crippen LogP contribution < -0.4 is 5.32 Å². The number of nitro benzene ring substituents is 1. The molecule has 0 saturated heterocycles. The smallest absolute Gasteiger partial charge is 0.413 e. The van der Waals surface area contributed by atoms with Crippen molar-refractivity contribution in [2.24, 2.45) is 4.99 Å². The number of benzene rings is 2. The Kier molecular flexibility index (Phi) is 5.49. The highest BCUT2D eigenvalue weighted by Crippen LogP contribution is 2.19. The van der Waals surface area contributed by atoms with Crippen LogP contribution in [0.4, 0.5) is 16.2 Å². The van der Waals surface area contributed by atoms with Crippen molar-refractivity contribution in [3.63, 3.8) is 0 Å². The van der Waals surface area contributed by atoms with Crippen LogP contribution in [0.3, 0.4) is 0 Å². The summed E-state index contributed by atoms with van der Waals surface area (Å²) in [5.74, 6) is 0.295. The molecule has 0 atom stereocenters. The van der Waals surface area contributed by atoms with Crippen molar-refractivity contribution in [1.29, 1.82) is 0 Å². The van der Waals surface area contributed by atoms with Crippen molar-refractivity contribution in [3.8, 4) is 0 Å². The number of carbonyl (C=O) groups is 1. The van der Waals surface area contributed by atoms with Crippen LogP contribution in [0.25, 0.3) is 0 Å². The molecule has 2 aromatic carbocycles. The number of nitro groups is 1. The average Bonchev–Trinajstić information content (AvgIpc) is 2.54. The minimum Gasteiger partial charge on any atom is -0.444 e. The molecule has 0 unspecified atom stereocenters. The fourth-order valence-corrected chi connectivity index (χ4v) is 1.94. The van der Waals surface area contributed by atoms with Crippen LogP contribution in [-0.2, 0) is 4.74 Å². The van der Waals surface area contributed by atoms with Gasteiger partial charge in [0.15, 0.2) is 0 Å². The number of ether oxygens (including phenoxy) is 1. The second-order valence-corrected chi connectivity index (χ2v) is 6.23. The van der Waals surface area contributed by atoms with Crippen molar-refractivity contribution < 1.29 is 14.5 Å². The zero-order valence-corrected chi connectivity index (χ0v) is 14.2. The number of hydrogen-bond acceptors (Lipinski definition) is 5. The summed E-state index contributed by atoms with van der Waals surface area (Å²) in [4.78, 5) is 26.7. The standard InChI is InChI=1S/C18H19N3O4/c1-18(2,3)25-17(22)20-16(13-7-5-4-6-8-13)19-14-9-11-15(12-10-14)21(23)24/h4-12H,1-3H3,(H,19,20,22). The van der Waals surface area contributed by atoms with Crippen molar-refractivity contribution in [1.82, 2.24) is 5.32 Å². The third-order valence-electron chi connectivity index (χ3n) is 2.97. The van der Waals surface area contributed by atoms with Gasteiger partial charge in [0.05, 0.1) is 10.6 Å². The number of amidine groups is 1. The Balaban J connectivity index is 2.31. The first-order chi connectivity index (χ1) is 11.7. The van der Waals surface area contributed by atoms with Gasteiger partial charge >= 0.3 is 6.09 Å². The molecule has 25 heavy (non-hydrogen) atoms. The molecule has 1 N–H and O–H groups in total. The quantitative estimate of drug-likeness (QED) is 0.392. The molecule has 130 valence electrons. The Bertz CT molecular complexity index is 778. The molecule has 0 saturated carbocycles. The summed E-state index contributed by atoms with van der Waals surface area (Å²) in [5, 5.41) is 13.4. The van der Waals surface area contributed by atoms with E-state index in [1.807, 2.05) is 18.2 Å². The molecule has 2 rings (SSSR count). The maximum atomic E-state index is 12.1. The predicted octanol–water partition coefficient (Wildman–Crippen LogP) is 4.20. The van der Waals surface area contributed by atoms with Gasteiger partial charge in [-0.3, -0.25) is 15.4 Å². The Morgan fingerprint density at radius 3 is 2.20 bits per heavy atom. The first kappa shape index (κ1) is 18.1. The summed E-state index contributed by atoms with van der Waals surface area (Å²) in [7, 11) is 0. The van der Waals surface area contributed by atoms with E-state index in [0.717, 1.165) is 0 Å². The van der Waals surface area contributed by atoms with E-state index in [-0.39, 0.29) is 5.69 Å². The molecule has 7 nitrogen and oxygen atoms in total. The Morgan fingerprint density at radius 2 is 1.68 bits per heavy atom. The highest BCUT2D eigenvalue weighted by molar-refractivity contribution is 6.07. The summed E-state index contributed by atoms with van der Waals surface area (Å²) in [6, 6.07) is 14.8. The lowest BCUT2D eigenvalue weighted by Crippen LogP contribution is -2.36. The minimum atomic E-state index is -0.640. The summed E-state index contributed by atoms with van der Waals surface area (Å²) in [6.07, 6.45) is -0.628. The van der Waals surface area contributed by atoms with Crippen LogP contribution in [0, 0.1) is 10.1 Å². The molecule has 0 fully saturated rings. The fourth-order valence-electron chi connectivity index (χ4n) is 1.94. The van der Waals surface area contributed by atoms with Crippen LogP contribution in [0.1, 0.15) is 26.3 Å². The second kappa shape index (κ2) is 7.57. The van der Waals surface area contributed by atoms with Crippen molar-refractivity contribution in [2.45, 2.75) is 26.4 Å². The molecule has 0 aliphatic heterocycles. The fraction of sp³-hybridized carbons (Fsp3) is 0.222. The molecule has 0 bridgehead atoms. The van der Waals surface area contributed by atoms with Gasteiger partial charge in [-0.2, -0.15) is 0 Å². The molecule has 0 radical (unpaired) electrons. The van der Waals surface area contributed by atoms with Crippen LogP contribution in [0.15, 0.2) is 59.6 Å². The number of aliphatic imine (C=N–C) groups is 1. The van der Waals surface area contributed by atoms with E-state index >= 15 is 0 Å². The third-order valence-corrected chi connectivity index (χ3v) is 2.97. The molecule has 7 heteroatoms. The number of nitrogens with zero attached hydrogens (tertiary/aromatic N) is 2. The van der Waals surface area contributed by atoms with Gasteiger partial charge in [0.1, 0.15) is 11.4 Å². The first-order valence-electron chi connectivity index (χ1n) is 7.63. The molecule has 0 aromatic heterocycles. The lowest BCUT2D eigenvalue weighted by atomic mass is 10.2. The van der Waals surface area contributed by atoms with Gasteiger partial charge in [0, 0.05) is 17.7 Å². The monoisotopic (exact) mass is 341 g/mol. The maximum Gasteiger partial charge on any atom is 0.413 e. The number of rotatable bonds is 3. The Labute approximate surface area is 145 Å². The molecule has 0 aliphatic carbocycles. The van der Waals surface area contributed by atoms with Crippen LogP contribution in [0.2, 0.25) is 0 Å². The van der Waals surface area contributed by atoms with Gasteiger partial charge in [-0.05, 0) is 32.9 Å². The average molecular weight is 341 g/mol. The van der Waals surface area contributed by atoms with Gasteiger partial charge < -0.3 is 4.74 Å². The number of non-ortho nitro benzene ring substituents is 1. The first-order valence-corrected chi connectivity index (χ1v) is 7.63. The predicted molar refractivity (Wildman–Crippen MR) is 95.1 cm³/mol. The zero-order chi connectivity index (χ0) is 18.4. The van der Waals surface area contributed by atoms with Gasteiger partial charge in [-0.25, -0.2) is 9.79 Å². The van der Waals surface area contributed by atoms with Gasteiger partial charge in [0.2, 0.25) is 0 Å². The Hall–Kier alpha value is -3.22. The number of amides is 1. The van der Waals surface area contributed by atoms with E-state index in [2.05, 4.69) is 10.3 Å². The number of alkyl carbamates (subject to hydrolysis) is 1. The highest BCUT2D eigenvalue weighted by atomic mass is 16.6. The normalized spacial score (nSPS) is 11.7. The lowest BCUT2D eigenvalue weighted by molar-refractivity contribution is -0.384. The van der Waals surface area contributed by atoms with Crippen molar-refractivity contribution >= 4 is 23.3 Å². The highest BCUT2D eigenvalue weighted by Gasteiger charge is 2.18. The number of nitrogens with one attached hydrogen (secondary N) is 1. The number of hydrogen-bond donors (Lipinski definition) is 1. The summed E-state index contributed by atoms with van der Waals surface area (Å²) >= 11 is 0. The van der Waals surface area contributed by atoms with E-state index in [0.29, 0.717) is 17.1 Å². The number of carbonyl (C=O) groups excluding carboxylic acids is 1. The molecular weight excluding hydrogens is 322 g/mol. The molecule has 2 aromatic rings. The SMILES string of the molecule is CC(C)(C)OC(=O)NC(=Nc1ccc([N+](=O)[O-])cc1)c1ccccc1. The van der Waals surface area contributed by atoms with Gasteiger partial charge in [-0.15, -0.1) is 0 Å². The van der Waals surface area contributed by atoms with E-state index in [9.17, 15) is 14.9 Å². The largest absolute Gasteiger partial charge is 0.444 e. The summed E-state index contributed by atoms with van der Waals surface area (Å²) in [5.41, 5.74) is 0.492. The summed E-state index contributed by atoms with van der Waals surface area (Å²) in [6.45, 7) is 5.30. The molecular formula is C18H19N3O4. The second-order valence-electron chi connectivity index (χ2n) is 6.23. The van der Waals surface area contributed by atoms with Crippen molar-refractivity contribution in [2.75, 3.05) is 0 Å². The van der Waals surface area contributed by atoms with E-state index in [4.69, 9.17) is 4.74 Å². The molecule has 0 aliphatic rings. The third kappa shape index (κ3) is 5.72. The Morgan fingerprint density at radius 1 is 1.08 bits per heavy atom. The zero-order valence-electron chi connectivity index (χ0n) is 14.2. The summed E-state index contributed by atoms with van der Waals surface area (Å²) < 4.78 is 5.26.